The summed E-state index contributed by atoms with van der Waals surface area (Å²) in [6.45, 7) is 0. The van der Waals surface area contributed by atoms with Gasteiger partial charge in [0.25, 0.3) is 0 Å². The monoisotopic (exact) mass is 304 g/mol. The van der Waals surface area contributed by atoms with Gasteiger partial charge in [-0.2, -0.15) is 0 Å². The molecule has 0 bridgehead atoms. The SMILES string of the molecule is Nc1cnc(Nc2ccc(Cl)c3cccnc23)c(Cl)c1. The lowest BCUT2D eigenvalue weighted by Gasteiger charge is -2.10. The minimum Gasteiger partial charge on any atom is -0.397 e. The van der Waals surface area contributed by atoms with Gasteiger partial charge in [-0.15, -0.1) is 0 Å². The van der Waals surface area contributed by atoms with Crippen molar-refractivity contribution in [3.8, 4) is 0 Å². The molecule has 100 valence electrons. The number of anilines is 3. The average molecular weight is 305 g/mol. The van der Waals surface area contributed by atoms with Gasteiger partial charge in [-0.05, 0) is 30.3 Å². The second kappa shape index (κ2) is 5.15. The lowest BCUT2D eigenvalue weighted by molar-refractivity contribution is 1.31. The molecule has 0 saturated carbocycles. The molecule has 1 aromatic carbocycles. The van der Waals surface area contributed by atoms with E-state index >= 15 is 0 Å². The van der Waals surface area contributed by atoms with E-state index in [2.05, 4.69) is 15.3 Å². The lowest BCUT2D eigenvalue weighted by atomic mass is 10.2. The number of nitrogens with two attached hydrogens (primary N) is 1. The Bertz CT molecular complexity index is 789. The number of rotatable bonds is 2. The molecule has 3 N–H and O–H groups in total. The largest absolute Gasteiger partial charge is 0.397 e. The summed E-state index contributed by atoms with van der Waals surface area (Å²) < 4.78 is 0. The van der Waals surface area contributed by atoms with Gasteiger partial charge in [0, 0.05) is 11.6 Å². The van der Waals surface area contributed by atoms with E-state index < -0.39 is 0 Å². The highest BCUT2D eigenvalue weighted by Gasteiger charge is 2.08. The van der Waals surface area contributed by atoms with E-state index in [9.17, 15) is 0 Å². The zero-order valence-electron chi connectivity index (χ0n) is 10.3. The van der Waals surface area contributed by atoms with Crippen LogP contribution in [0.2, 0.25) is 10.0 Å². The molecule has 4 nitrogen and oxygen atoms in total. The third kappa shape index (κ3) is 2.35. The molecule has 0 radical (unpaired) electrons. The number of fused-ring (bicyclic) bond motifs is 1. The van der Waals surface area contributed by atoms with Crippen LogP contribution in [0, 0.1) is 0 Å². The summed E-state index contributed by atoms with van der Waals surface area (Å²) in [5, 5.41) is 5.11. The average Bonchev–Trinajstić information content (AvgIpc) is 2.45. The first kappa shape index (κ1) is 13.0. The van der Waals surface area contributed by atoms with Crippen LogP contribution in [0.5, 0.6) is 0 Å². The van der Waals surface area contributed by atoms with E-state index in [1.54, 1.807) is 24.5 Å². The molecule has 0 aliphatic heterocycles. The van der Waals surface area contributed by atoms with Crippen LogP contribution in [0.4, 0.5) is 17.2 Å². The molecule has 0 amide bonds. The third-order valence-electron chi connectivity index (χ3n) is 2.83. The van der Waals surface area contributed by atoms with Crippen LogP contribution in [0.1, 0.15) is 0 Å². The second-order valence-electron chi connectivity index (χ2n) is 4.22. The molecule has 0 aliphatic rings. The number of nitrogens with one attached hydrogen (secondary N) is 1. The van der Waals surface area contributed by atoms with Crippen molar-refractivity contribution in [3.63, 3.8) is 0 Å². The first-order valence-corrected chi connectivity index (χ1v) is 6.62. The van der Waals surface area contributed by atoms with Crippen molar-refractivity contribution in [2.24, 2.45) is 0 Å². The van der Waals surface area contributed by atoms with Crippen molar-refractivity contribution in [2.75, 3.05) is 11.1 Å². The van der Waals surface area contributed by atoms with Crippen LogP contribution in [0.3, 0.4) is 0 Å². The maximum absolute atomic E-state index is 6.16. The Morgan fingerprint density at radius 2 is 1.90 bits per heavy atom. The van der Waals surface area contributed by atoms with Gasteiger partial charge in [0.2, 0.25) is 0 Å². The molecule has 0 spiro atoms. The molecule has 6 heteroatoms. The maximum Gasteiger partial charge on any atom is 0.149 e. The van der Waals surface area contributed by atoms with E-state index in [4.69, 9.17) is 28.9 Å². The number of pyridine rings is 2. The topological polar surface area (TPSA) is 63.8 Å². The lowest BCUT2D eigenvalue weighted by Crippen LogP contribution is -1.97. The van der Waals surface area contributed by atoms with Crippen LogP contribution in [-0.2, 0) is 0 Å². The van der Waals surface area contributed by atoms with E-state index in [-0.39, 0.29) is 0 Å². The molecule has 3 rings (SSSR count). The molecule has 2 heterocycles. The standard InChI is InChI=1S/C14H10Cl2N4/c15-10-3-4-12(13-9(10)2-1-5-18-13)20-14-11(16)6-8(17)7-19-14/h1-7H,17H2,(H,19,20). The van der Waals surface area contributed by atoms with Gasteiger partial charge < -0.3 is 11.1 Å². The van der Waals surface area contributed by atoms with Gasteiger partial charge in [0.05, 0.1) is 33.1 Å². The summed E-state index contributed by atoms with van der Waals surface area (Å²) in [6.07, 6.45) is 3.25. The second-order valence-corrected chi connectivity index (χ2v) is 5.03. The van der Waals surface area contributed by atoms with Crippen LogP contribution < -0.4 is 11.1 Å². The van der Waals surface area contributed by atoms with Crippen LogP contribution >= 0.6 is 23.2 Å². The zero-order valence-corrected chi connectivity index (χ0v) is 11.8. The van der Waals surface area contributed by atoms with Crippen molar-refractivity contribution in [3.05, 3.63) is 52.8 Å². The Kier molecular flexibility index (Phi) is 3.34. The first-order chi connectivity index (χ1) is 9.65. The summed E-state index contributed by atoms with van der Waals surface area (Å²) in [6, 6.07) is 9.04. The highest BCUT2D eigenvalue weighted by atomic mass is 35.5. The number of nitrogens with zero attached hydrogens (tertiary/aromatic N) is 2. The minimum absolute atomic E-state index is 0.448. The molecular weight excluding hydrogens is 295 g/mol. The van der Waals surface area contributed by atoms with E-state index in [0.29, 0.717) is 21.6 Å². The van der Waals surface area contributed by atoms with Crippen LogP contribution in [-0.4, -0.2) is 9.97 Å². The van der Waals surface area contributed by atoms with Crippen LogP contribution in [0.15, 0.2) is 42.7 Å². The first-order valence-electron chi connectivity index (χ1n) is 5.86. The van der Waals surface area contributed by atoms with E-state index in [1.165, 1.54) is 0 Å². The molecule has 2 aromatic heterocycles. The minimum atomic E-state index is 0.448. The Balaban J connectivity index is 2.09. The molecule has 3 aromatic rings. The smallest absolute Gasteiger partial charge is 0.149 e. The predicted molar refractivity (Wildman–Crippen MR) is 83.7 cm³/mol. The van der Waals surface area contributed by atoms with Crippen molar-refractivity contribution >= 4 is 51.3 Å². The quantitative estimate of drug-likeness (QED) is 0.742. The number of hydrogen-bond donors (Lipinski definition) is 2. The Morgan fingerprint density at radius 1 is 1.05 bits per heavy atom. The summed E-state index contributed by atoms with van der Waals surface area (Å²) in [4.78, 5) is 8.52. The van der Waals surface area contributed by atoms with Crippen molar-refractivity contribution in [1.82, 2.24) is 9.97 Å². The third-order valence-corrected chi connectivity index (χ3v) is 3.45. The summed E-state index contributed by atoms with van der Waals surface area (Å²) >= 11 is 12.3. The van der Waals surface area contributed by atoms with Gasteiger partial charge in [-0.1, -0.05) is 23.2 Å². The molecule has 0 fully saturated rings. The summed E-state index contributed by atoms with van der Waals surface area (Å²) in [5.41, 5.74) is 7.68. The van der Waals surface area contributed by atoms with Gasteiger partial charge >= 0.3 is 0 Å². The highest BCUT2D eigenvalue weighted by Crippen LogP contribution is 2.31. The molecule has 0 saturated heterocycles. The summed E-state index contributed by atoms with van der Waals surface area (Å²) in [5.74, 6) is 0.523. The van der Waals surface area contributed by atoms with Crippen LogP contribution in [0.25, 0.3) is 10.9 Å². The Morgan fingerprint density at radius 3 is 2.70 bits per heavy atom. The number of benzene rings is 1. The molecule has 0 atom stereocenters. The van der Waals surface area contributed by atoms with Crippen molar-refractivity contribution in [2.45, 2.75) is 0 Å². The molecular formula is C14H10Cl2N4. The van der Waals surface area contributed by atoms with E-state index in [0.717, 1.165) is 16.6 Å². The Hall–Kier alpha value is -2.04. The van der Waals surface area contributed by atoms with Crippen molar-refractivity contribution < 1.29 is 0 Å². The number of nitrogen functional groups attached to an aromatic ring is 1. The Labute approximate surface area is 125 Å². The van der Waals surface area contributed by atoms with E-state index in [1.807, 2.05) is 18.2 Å². The number of aromatic nitrogens is 2. The van der Waals surface area contributed by atoms with Gasteiger partial charge in [-0.3, -0.25) is 4.98 Å². The normalized spacial score (nSPS) is 10.7. The fourth-order valence-corrected chi connectivity index (χ4v) is 2.35. The maximum atomic E-state index is 6.16. The summed E-state index contributed by atoms with van der Waals surface area (Å²) in [7, 11) is 0. The predicted octanol–water partition coefficient (Wildman–Crippen LogP) is 4.26. The molecule has 0 unspecified atom stereocenters. The molecule has 0 aliphatic carbocycles. The van der Waals surface area contributed by atoms with Gasteiger partial charge in [0.15, 0.2) is 0 Å². The van der Waals surface area contributed by atoms with Gasteiger partial charge in [-0.25, -0.2) is 4.98 Å². The zero-order chi connectivity index (χ0) is 14.1. The van der Waals surface area contributed by atoms with Crippen molar-refractivity contribution in [1.29, 1.82) is 0 Å². The molecule has 20 heavy (non-hydrogen) atoms. The number of hydrogen-bond acceptors (Lipinski definition) is 4. The fraction of sp³-hybridized carbons (Fsp3) is 0. The van der Waals surface area contributed by atoms with Gasteiger partial charge in [0.1, 0.15) is 5.82 Å². The highest BCUT2D eigenvalue weighted by molar-refractivity contribution is 6.36. The fourth-order valence-electron chi connectivity index (χ4n) is 1.91. The number of halogens is 2.